The molecule has 0 spiro atoms. The molecule has 6 nitrogen and oxygen atoms in total. The summed E-state index contributed by atoms with van der Waals surface area (Å²) in [6.07, 6.45) is -0.674. The third-order valence-corrected chi connectivity index (χ3v) is 3.01. The first-order valence-electron chi connectivity index (χ1n) is 6.98. The van der Waals surface area contributed by atoms with E-state index in [1.807, 2.05) is 0 Å². The van der Waals surface area contributed by atoms with Crippen molar-refractivity contribution in [1.29, 1.82) is 0 Å². The number of phenolic OH excluding ortho intramolecular Hbond substituents is 1. The number of aromatic hydroxyl groups is 1. The lowest BCUT2D eigenvalue weighted by Crippen LogP contribution is -2.30. The standard InChI is InChI=1S/C17H17NO5/c1-11(2)16(20)22-10-9-18-17(21)23-15-8-4-5-12-13(15)6-3-7-14(12)19/h3-8,19H,1,9-10H2,2H3,(H,18,21). The van der Waals surface area contributed by atoms with E-state index in [9.17, 15) is 14.7 Å². The van der Waals surface area contributed by atoms with E-state index in [-0.39, 0.29) is 18.9 Å². The number of esters is 1. The fourth-order valence-electron chi connectivity index (χ4n) is 1.91. The predicted octanol–water partition coefficient (Wildman–Crippen LogP) is 2.75. The van der Waals surface area contributed by atoms with Gasteiger partial charge in [0.05, 0.1) is 6.54 Å². The molecule has 0 atom stereocenters. The molecule has 23 heavy (non-hydrogen) atoms. The average molecular weight is 315 g/mol. The zero-order valence-corrected chi connectivity index (χ0v) is 12.7. The maximum atomic E-state index is 11.8. The van der Waals surface area contributed by atoms with Gasteiger partial charge < -0.3 is 19.9 Å². The lowest BCUT2D eigenvalue weighted by Gasteiger charge is -2.10. The Morgan fingerprint density at radius 3 is 2.61 bits per heavy atom. The Morgan fingerprint density at radius 1 is 1.17 bits per heavy atom. The number of hydrogen-bond donors (Lipinski definition) is 2. The van der Waals surface area contributed by atoms with Crippen molar-refractivity contribution in [3.63, 3.8) is 0 Å². The minimum absolute atomic E-state index is 0.0249. The van der Waals surface area contributed by atoms with Crippen molar-refractivity contribution in [3.8, 4) is 11.5 Å². The van der Waals surface area contributed by atoms with Gasteiger partial charge in [0.15, 0.2) is 0 Å². The normalized spacial score (nSPS) is 10.1. The maximum Gasteiger partial charge on any atom is 0.412 e. The van der Waals surface area contributed by atoms with Crippen LogP contribution in [-0.4, -0.2) is 30.3 Å². The fraction of sp³-hybridized carbons (Fsp3) is 0.176. The molecule has 2 aromatic rings. The molecule has 0 radical (unpaired) electrons. The van der Waals surface area contributed by atoms with Gasteiger partial charge >= 0.3 is 12.1 Å². The highest BCUT2D eigenvalue weighted by molar-refractivity contribution is 5.94. The van der Waals surface area contributed by atoms with Crippen LogP contribution in [0.4, 0.5) is 4.79 Å². The van der Waals surface area contributed by atoms with Crippen molar-refractivity contribution in [2.75, 3.05) is 13.2 Å². The van der Waals surface area contributed by atoms with Crippen molar-refractivity contribution in [1.82, 2.24) is 5.32 Å². The molecule has 0 fully saturated rings. The van der Waals surface area contributed by atoms with E-state index < -0.39 is 12.1 Å². The van der Waals surface area contributed by atoms with Crippen LogP contribution >= 0.6 is 0 Å². The highest BCUT2D eigenvalue weighted by Gasteiger charge is 2.09. The number of fused-ring (bicyclic) bond motifs is 1. The molecular formula is C17H17NO5. The van der Waals surface area contributed by atoms with Crippen LogP contribution in [0, 0.1) is 0 Å². The molecule has 0 aliphatic carbocycles. The topological polar surface area (TPSA) is 84.9 Å². The number of ether oxygens (including phenoxy) is 2. The first kappa shape index (κ1) is 16.4. The summed E-state index contributed by atoms with van der Waals surface area (Å²) in [7, 11) is 0. The monoisotopic (exact) mass is 315 g/mol. The van der Waals surface area contributed by atoms with Crippen LogP contribution in [0.15, 0.2) is 48.6 Å². The van der Waals surface area contributed by atoms with Gasteiger partial charge in [0.1, 0.15) is 18.1 Å². The summed E-state index contributed by atoms with van der Waals surface area (Å²) >= 11 is 0. The Hall–Kier alpha value is -3.02. The second-order valence-electron chi connectivity index (χ2n) is 4.86. The van der Waals surface area contributed by atoms with Crippen LogP contribution in [0.3, 0.4) is 0 Å². The van der Waals surface area contributed by atoms with E-state index in [0.717, 1.165) is 0 Å². The molecule has 0 saturated carbocycles. The van der Waals surface area contributed by atoms with Gasteiger partial charge in [-0.15, -0.1) is 0 Å². The van der Waals surface area contributed by atoms with E-state index in [4.69, 9.17) is 9.47 Å². The van der Waals surface area contributed by atoms with Crippen LogP contribution in [0.25, 0.3) is 10.8 Å². The van der Waals surface area contributed by atoms with Crippen molar-refractivity contribution >= 4 is 22.8 Å². The van der Waals surface area contributed by atoms with E-state index in [1.165, 1.54) is 0 Å². The van der Waals surface area contributed by atoms with Crippen LogP contribution < -0.4 is 10.1 Å². The second-order valence-corrected chi connectivity index (χ2v) is 4.86. The molecule has 0 saturated heterocycles. The number of phenols is 1. The van der Waals surface area contributed by atoms with Gasteiger partial charge in [0.2, 0.25) is 0 Å². The van der Waals surface area contributed by atoms with Gasteiger partial charge in [-0.2, -0.15) is 0 Å². The summed E-state index contributed by atoms with van der Waals surface area (Å²) in [5, 5.41) is 13.5. The SMILES string of the molecule is C=C(C)C(=O)OCCNC(=O)Oc1cccc2c(O)cccc12. The van der Waals surface area contributed by atoms with Gasteiger partial charge in [-0.1, -0.05) is 30.8 Å². The summed E-state index contributed by atoms with van der Waals surface area (Å²) < 4.78 is 10.1. The maximum absolute atomic E-state index is 11.8. The van der Waals surface area contributed by atoms with Crippen molar-refractivity contribution in [3.05, 3.63) is 48.6 Å². The van der Waals surface area contributed by atoms with Gasteiger partial charge in [-0.05, 0) is 19.1 Å². The Bertz CT molecular complexity index is 754. The largest absolute Gasteiger partial charge is 0.507 e. The molecule has 0 aliphatic rings. The summed E-state index contributed by atoms with van der Waals surface area (Å²) in [4.78, 5) is 22.9. The Morgan fingerprint density at radius 2 is 1.87 bits per heavy atom. The Balaban J connectivity index is 1.92. The number of nitrogens with one attached hydrogen (secondary N) is 1. The molecule has 120 valence electrons. The number of hydrogen-bond acceptors (Lipinski definition) is 5. The second kappa shape index (κ2) is 7.31. The summed E-state index contributed by atoms with van der Waals surface area (Å²) in [6, 6.07) is 10.0. The Labute approximate surface area is 133 Å². The zero-order chi connectivity index (χ0) is 16.8. The molecule has 2 rings (SSSR count). The smallest absolute Gasteiger partial charge is 0.412 e. The molecule has 0 unspecified atom stereocenters. The number of benzene rings is 2. The first-order valence-corrected chi connectivity index (χ1v) is 6.98. The number of carbonyl (C=O) groups is 2. The van der Waals surface area contributed by atoms with E-state index in [2.05, 4.69) is 11.9 Å². The Kier molecular flexibility index (Phi) is 5.19. The predicted molar refractivity (Wildman–Crippen MR) is 85.4 cm³/mol. The lowest BCUT2D eigenvalue weighted by molar-refractivity contribution is -0.138. The number of rotatable bonds is 5. The molecule has 0 aliphatic heterocycles. The van der Waals surface area contributed by atoms with Crippen molar-refractivity contribution < 1.29 is 24.2 Å². The van der Waals surface area contributed by atoms with E-state index in [1.54, 1.807) is 43.3 Å². The fourth-order valence-corrected chi connectivity index (χ4v) is 1.91. The summed E-state index contributed by atoms with van der Waals surface area (Å²) in [6.45, 7) is 5.14. The molecular weight excluding hydrogens is 298 g/mol. The van der Waals surface area contributed by atoms with E-state index >= 15 is 0 Å². The molecule has 2 aromatic carbocycles. The molecule has 0 aromatic heterocycles. The minimum Gasteiger partial charge on any atom is -0.507 e. The van der Waals surface area contributed by atoms with Gasteiger partial charge in [0.25, 0.3) is 0 Å². The van der Waals surface area contributed by atoms with Gasteiger partial charge in [0, 0.05) is 16.3 Å². The van der Waals surface area contributed by atoms with E-state index in [0.29, 0.717) is 22.1 Å². The molecule has 6 heteroatoms. The third-order valence-electron chi connectivity index (χ3n) is 3.01. The minimum atomic E-state index is -0.674. The quantitative estimate of drug-likeness (QED) is 0.503. The van der Waals surface area contributed by atoms with Crippen molar-refractivity contribution in [2.24, 2.45) is 0 Å². The van der Waals surface area contributed by atoms with Crippen LogP contribution in [0.1, 0.15) is 6.92 Å². The lowest BCUT2D eigenvalue weighted by atomic mass is 10.1. The highest BCUT2D eigenvalue weighted by Crippen LogP contribution is 2.31. The molecule has 2 N–H and O–H groups in total. The molecule has 0 bridgehead atoms. The van der Waals surface area contributed by atoms with Gasteiger partial charge in [-0.3, -0.25) is 0 Å². The number of carbonyl (C=O) groups excluding carboxylic acids is 2. The molecule has 1 amide bonds. The molecule has 0 heterocycles. The third kappa shape index (κ3) is 4.23. The van der Waals surface area contributed by atoms with Gasteiger partial charge in [-0.25, -0.2) is 9.59 Å². The first-order chi connectivity index (χ1) is 11.0. The van der Waals surface area contributed by atoms with Crippen LogP contribution in [-0.2, 0) is 9.53 Å². The summed E-state index contributed by atoms with van der Waals surface area (Å²) in [5.41, 5.74) is 0.295. The van der Waals surface area contributed by atoms with Crippen molar-refractivity contribution in [2.45, 2.75) is 6.92 Å². The highest BCUT2D eigenvalue weighted by atomic mass is 16.6. The summed E-state index contributed by atoms with van der Waals surface area (Å²) in [5.74, 6) is -0.0698. The average Bonchev–Trinajstić information content (AvgIpc) is 2.52. The number of amides is 1. The van der Waals surface area contributed by atoms with Crippen LogP contribution in [0.2, 0.25) is 0 Å². The zero-order valence-electron chi connectivity index (χ0n) is 12.7. The van der Waals surface area contributed by atoms with Crippen LogP contribution in [0.5, 0.6) is 11.5 Å².